The molecule has 0 radical (unpaired) electrons. The van der Waals surface area contributed by atoms with Crippen molar-refractivity contribution >= 4 is 23.4 Å². The highest BCUT2D eigenvalue weighted by Crippen LogP contribution is 2.12. The molecule has 1 aromatic carbocycles. The summed E-state index contributed by atoms with van der Waals surface area (Å²) < 4.78 is 0. The molecule has 0 unspecified atom stereocenters. The number of nitrogens with two attached hydrogens (primary N) is 1. The van der Waals surface area contributed by atoms with Gasteiger partial charge in [0.15, 0.2) is 0 Å². The molecule has 2 rings (SSSR count). The Morgan fingerprint density at radius 3 is 2.71 bits per heavy atom. The summed E-state index contributed by atoms with van der Waals surface area (Å²) in [7, 11) is 0. The van der Waals surface area contributed by atoms with Gasteiger partial charge >= 0.3 is 0 Å². The molecule has 0 spiro atoms. The summed E-state index contributed by atoms with van der Waals surface area (Å²) in [6.07, 6.45) is 3.27. The highest BCUT2D eigenvalue weighted by atomic mass is 35.5. The number of nitrogens with one attached hydrogen (secondary N) is 1. The molecule has 0 saturated heterocycles. The lowest BCUT2D eigenvalue weighted by atomic mass is 10.1. The van der Waals surface area contributed by atoms with Crippen molar-refractivity contribution in [3.8, 4) is 0 Å². The molecular formula is C15H14ClN3O2. The van der Waals surface area contributed by atoms with Crippen LogP contribution in [-0.4, -0.2) is 22.8 Å². The number of amides is 2. The molecule has 0 aliphatic heterocycles. The van der Waals surface area contributed by atoms with Crippen molar-refractivity contribution in [2.75, 3.05) is 0 Å². The average molecular weight is 304 g/mol. The number of hydrogen-bond donors (Lipinski definition) is 2. The van der Waals surface area contributed by atoms with Crippen molar-refractivity contribution in [2.45, 2.75) is 12.5 Å². The summed E-state index contributed by atoms with van der Waals surface area (Å²) in [5.41, 5.74) is 6.53. The predicted molar refractivity (Wildman–Crippen MR) is 79.8 cm³/mol. The minimum atomic E-state index is -0.809. The Kier molecular flexibility index (Phi) is 4.90. The summed E-state index contributed by atoms with van der Waals surface area (Å²) >= 11 is 5.90. The summed E-state index contributed by atoms with van der Waals surface area (Å²) in [4.78, 5) is 27.4. The number of nitrogens with zero attached hydrogens (tertiary/aromatic N) is 1. The quantitative estimate of drug-likeness (QED) is 0.879. The van der Waals surface area contributed by atoms with E-state index in [4.69, 9.17) is 17.3 Å². The lowest BCUT2D eigenvalue weighted by Crippen LogP contribution is -2.45. The zero-order chi connectivity index (χ0) is 15.2. The fourth-order valence-corrected chi connectivity index (χ4v) is 2.07. The van der Waals surface area contributed by atoms with E-state index in [1.165, 1.54) is 6.20 Å². The summed E-state index contributed by atoms with van der Waals surface area (Å²) in [5.74, 6) is -0.999. The maximum Gasteiger partial charge on any atom is 0.253 e. The van der Waals surface area contributed by atoms with Crippen molar-refractivity contribution in [3.63, 3.8) is 0 Å². The molecule has 0 fully saturated rings. The van der Waals surface area contributed by atoms with Gasteiger partial charge in [-0.1, -0.05) is 23.7 Å². The Hall–Kier alpha value is -2.40. The van der Waals surface area contributed by atoms with E-state index in [1.54, 1.807) is 36.5 Å². The number of rotatable bonds is 5. The normalized spacial score (nSPS) is 11.7. The topological polar surface area (TPSA) is 85.1 Å². The second kappa shape index (κ2) is 6.85. The minimum Gasteiger partial charge on any atom is -0.368 e. The van der Waals surface area contributed by atoms with E-state index in [2.05, 4.69) is 10.3 Å². The van der Waals surface area contributed by atoms with Crippen LogP contribution in [0.3, 0.4) is 0 Å². The molecule has 108 valence electrons. The van der Waals surface area contributed by atoms with Crippen LogP contribution in [-0.2, 0) is 11.2 Å². The number of primary amides is 1. The van der Waals surface area contributed by atoms with Crippen LogP contribution in [0, 0.1) is 0 Å². The van der Waals surface area contributed by atoms with Gasteiger partial charge in [0, 0.05) is 23.8 Å². The van der Waals surface area contributed by atoms with Crippen LogP contribution in [0.25, 0.3) is 0 Å². The Labute approximate surface area is 127 Å². The fourth-order valence-electron chi connectivity index (χ4n) is 1.86. The molecule has 0 aliphatic rings. The third kappa shape index (κ3) is 4.29. The maximum atomic E-state index is 12.0. The first-order valence-corrected chi connectivity index (χ1v) is 6.68. The summed E-state index contributed by atoms with van der Waals surface area (Å²) in [6, 6.07) is 9.50. The lowest BCUT2D eigenvalue weighted by molar-refractivity contribution is -0.119. The Morgan fingerprint density at radius 2 is 2.10 bits per heavy atom. The highest BCUT2D eigenvalue weighted by Gasteiger charge is 2.19. The number of halogens is 1. The van der Waals surface area contributed by atoms with Crippen LogP contribution < -0.4 is 11.1 Å². The first-order valence-electron chi connectivity index (χ1n) is 6.31. The second-order valence-corrected chi connectivity index (χ2v) is 4.94. The third-order valence-corrected chi connectivity index (χ3v) is 3.14. The average Bonchev–Trinajstić information content (AvgIpc) is 2.47. The zero-order valence-corrected chi connectivity index (χ0v) is 11.9. The summed E-state index contributed by atoms with van der Waals surface area (Å²) in [5, 5.41) is 3.17. The van der Waals surface area contributed by atoms with Gasteiger partial charge in [0.1, 0.15) is 6.04 Å². The summed E-state index contributed by atoms with van der Waals surface area (Å²) in [6.45, 7) is 0. The number of carbonyl (C=O) groups excluding carboxylic acids is 2. The first kappa shape index (κ1) is 15.0. The molecule has 0 aliphatic carbocycles. The van der Waals surface area contributed by atoms with Crippen LogP contribution in [0.1, 0.15) is 15.9 Å². The van der Waals surface area contributed by atoms with Gasteiger partial charge in [-0.15, -0.1) is 0 Å². The van der Waals surface area contributed by atoms with Crippen LogP contribution >= 0.6 is 11.6 Å². The number of hydrogen-bond acceptors (Lipinski definition) is 3. The van der Waals surface area contributed by atoms with Crippen molar-refractivity contribution in [3.05, 3.63) is 64.9 Å². The van der Waals surface area contributed by atoms with Gasteiger partial charge < -0.3 is 11.1 Å². The molecule has 0 bridgehead atoms. The van der Waals surface area contributed by atoms with Crippen LogP contribution in [0.15, 0.2) is 48.8 Å². The van der Waals surface area contributed by atoms with E-state index in [0.29, 0.717) is 10.6 Å². The van der Waals surface area contributed by atoms with Crippen molar-refractivity contribution in [2.24, 2.45) is 5.73 Å². The van der Waals surface area contributed by atoms with E-state index in [9.17, 15) is 9.59 Å². The van der Waals surface area contributed by atoms with Crippen LogP contribution in [0.4, 0.5) is 0 Å². The number of aromatic nitrogens is 1. The molecule has 1 heterocycles. The minimum absolute atomic E-state index is 0.280. The van der Waals surface area contributed by atoms with E-state index >= 15 is 0 Å². The molecule has 2 amide bonds. The SMILES string of the molecule is NC(=O)[C@@H](Cc1cccc(Cl)c1)NC(=O)c1cccnc1. The molecule has 3 N–H and O–H groups in total. The molecule has 2 aromatic rings. The largest absolute Gasteiger partial charge is 0.368 e. The van der Waals surface area contributed by atoms with E-state index < -0.39 is 17.9 Å². The lowest BCUT2D eigenvalue weighted by Gasteiger charge is -2.15. The Bertz CT molecular complexity index is 646. The van der Waals surface area contributed by atoms with Gasteiger partial charge in [0.2, 0.25) is 5.91 Å². The van der Waals surface area contributed by atoms with E-state index in [0.717, 1.165) is 5.56 Å². The maximum absolute atomic E-state index is 12.0. The predicted octanol–water partition coefficient (Wildman–Crippen LogP) is 1.56. The Balaban J connectivity index is 2.09. The fraction of sp³-hybridized carbons (Fsp3) is 0.133. The smallest absolute Gasteiger partial charge is 0.253 e. The molecule has 1 atom stereocenters. The molecule has 21 heavy (non-hydrogen) atoms. The third-order valence-electron chi connectivity index (χ3n) is 2.90. The van der Waals surface area contributed by atoms with Gasteiger partial charge in [0.25, 0.3) is 5.91 Å². The second-order valence-electron chi connectivity index (χ2n) is 4.50. The highest BCUT2D eigenvalue weighted by molar-refractivity contribution is 6.30. The monoisotopic (exact) mass is 303 g/mol. The van der Waals surface area contributed by atoms with Crippen LogP contribution in [0.2, 0.25) is 5.02 Å². The Morgan fingerprint density at radius 1 is 1.29 bits per heavy atom. The van der Waals surface area contributed by atoms with Crippen molar-refractivity contribution < 1.29 is 9.59 Å². The number of pyridine rings is 1. The zero-order valence-electron chi connectivity index (χ0n) is 11.1. The first-order chi connectivity index (χ1) is 10.1. The molecule has 5 nitrogen and oxygen atoms in total. The molecular weight excluding hydrogens is 290 g/mol. The van der Waals surface area contributed by atoms with E-state index in [1.807, 2.05) is 6.07 Å². The van der Waals surface area contributed by atoms with Gasteiger partial charge in [0.05, 0.1) is 5.56 Å². The number of benzene rings is 1. The molecule has 1 aromatic heterocycles. The van der Waals surface area contributed by atoms with Gasteiger partial charge in [-0.3, -0.25) is 14.6 Å². The van der Waals surface area contributed by atoms with Crippen molar-refractivity contribution in [1.29, 1.82) is 0 Å². The molecule has 6 heteroatoms. The van der Waals surface area contributed by atoms with Crippen molar-refractivity contribution in [1.82, 2.24) is 10.3 Å². The van der Waals surface area contributed by atoms with Gasteiger partial charge in [-0.2, -0.15) is 0 Å². The van der Waals surface area contributed by atoms with Crippen LogP contribution in [0.5, 0.6) is 0 Å². The number of carbonyl (C=O) groups is 2. The van der Waals surface area contributed by atoms with E-state index in [-0.39, 0.29) is 6.42 Å². The standard InChI is InChI=1S/C15H14ClN3O2/c16-12-5-1-3-10(7-12)8-13(14(17)20)19-15(21)11-4-2-6-18-9-11/h1-7,9,13H,8H2,(H2,17,20)(H,19,21)/t13-/m1/s1. The van der Waals surface area contributed by atoms with Gasteiger partial charge in [-0.05, 0) is 29.8 Å². The van der Waals surface area contributed by atoms with Gasteiger partial charge in [-0.25, -0.2) is 0 Å². The molecule has 0 saturated carbocycles.